The first-order chi connectivity index (χ1) is 22.0. The first-order valence-corrected chi connectivity index (χ1v) is 15.9. The Kier molecular flexibility index (Phi) is 13.9. The predicted molar refractivity (Wildman–Crippen MR) is 172 cm³/mol. The summed E-state index contributed by atoms with van der Waals surface area (Å²) in [7, 11) is 3.13. The van der Waals surface area contributed by atoms with Gasteiger partial charge in [0.15, 0.2) is 18.1 Å². The van der Waals surface area contributed by atoms with E-state index in [0.29, 0.717) is 74.4 Å². The Bertz CT molecular complexity index is 1340. The number of esters is 1. The van der Waals surface area contributed by atoms with Crippen LogP contribution in [0, 0.1) is 5.41 Å². The van der Waals surface area contributed by atoms with Gasteiger partial charge in [0.05, 0.1) is 14.2 Å². The number of hydrogen-bond acceptors (Lipinski definition) is 9. The number of amides is 2. The third-order valence-electron chi connectivity index (χ3n) is 8.39. The summed E-state index contributed by atoms with van der Waals surface area (Å²) >= 11 is 0. The molecule has 0 spiro atoms. The zero-order chi connectivity index (χ0) is 33.7. The molecule has 2 unspecified atom stereocenters. The zero-order valence-electron chi connectivity index (χ0n) is 27.6. The highest BCUT2D eigenvalue weighted by atomic mass is 16.5. The number of carbonyl (C=O) groups excluding carboxylic acids is 4. The molecule has 1 aliphatic rings. The van der Waals surface area contributed by atoms with Crippen molar-refractivity contribution in [3.8, 4) is 17.2 Å². The first-order valence-electron chi connectivity index (χ1n) is 15.9. The van der Waals surface area contributed by atoms with Crippen LogP contribution in [0.2, 0.25) is 0 Å². The minimum atomic E-state index is -0.872. The van der Waals surface area contributed by atoms with Crippen molar-refractivity contribution in [2.45, 2.75) is 77.9 Å². The highest BCUT2D eigenvalue weighted by Gasteiger charge is 2.41. The van der Waals surface area contributed by atoms with E-state index in [9.17, 15) is 19.2 Å². The molecule has 3 rings (SSSR count). The van der Waals surface area contributed by atoms with Gasteiger partial charge in [0.25, 0.3) is 11.8 Å². The highest BCUT2D eigenvalue weighted by Crippen LogP contribution is 2.32. The Morgan fingerprint density at radius 1 is 1.04 bits per heavy atom. The van der Waals surface area contributed by atoms with Gasteiger partial charge in [-0.2, -0.15) is 0 Å². The van der Waals surface area contributed by atoms with Crippen LogP contribution in [-0.4, -0.2) is 80.1 Å². The normalized spacial score (nSPS) is 15.4. The molecule has 0 aliphatic carbocycles. The van der Waals surface area contributed by atoms with Crippen molar-refractivity contribution in [1.29, 1.82) is 0 Å². The molecule has 2 atom stereocenters. The molecular weight excluding hydrogens is 592 g/mol. The van der Waals surface area contributed by atoms with E-state index in [4.69, 9.17) is 24.1 Å². The second-order valence-electron chi connectivity index (χ2n) is 12.0. The molecule has 1 fully saturated rings. The molecule has 0 aromatic heterocycles. The van der Waals surface area contributed by atoms with Gasteiger partial charge in [-0.25, -0.2) is 4.79 Å². The van der Waals surface area contributed by atoms with Crippen molar-refractivity contribution in [2.24, 2.45) is 5.41 Å². The lowest BCUT2D eigenvalue weighted by atomic mass is 9.84. The average Bonchev–Trinajstić information content (AvgIpc) is 3.08. The number of nitrogens with one attached hydrogen (secondary N) is 1. The van der Waals surface area contributed by atoms with Gasteiger partial charge < -0.3 is 34.3 Å². The Balaban J connectivity index is 1.84. The SMILES string of the molecule is CCC(C)(C)C(=O)C(=O)N1CCCCC1C(=O)OC(CCc1ccc(OC)c(OC)c1)c1cccc(OCC(=O)NCCCO)c1. The molecule has 2 aromatic rings. The van der Waals surface area contributed by atoms with Crippen molar-refractivity contribution in [3.05, 3.63) is 53.6 Å². The second-order valence-corrected chi connectivity index (χ2v) is 12.0. The van der Waals surface area contributed by atoms with Crippen LogP contribution in [0.25, 0.3) is 0 Å². The number of likely N-dealkylation sites (tertiary alicyclic amines) is 1. The summed E-state index contributed by atoms with van der Waals surface area (Å²) < 4.78 is 22.7. The van der Waals surface area contributed by atoms with Crippen LogP contribution < -0.4 is 19.5 Å². The number of ketones is 1. The number of aliphatic hydroxyl groups excluding tert-OH is 1. The summed E-state index contributed by atoms with van der Waals surface area (Å²) in [6.07, 6.45) is 2.98. The number of hydrogen-bond donors (Lipinski definition) is 2. The van der Waals surface area contributed by atoms with Crippen LogP contribution in [0.4, 0.5) is 0 Å². The lowest BCUT2D eigenvalue weighted by Crippen LogP contribution is -2.53. The first kappa shape index (κ1) is 36.3. The summed E-state index contributed by atoms with van der Waals surface area (Å²) in [5.74, 6) is -0.448. The molecule has 252 valence electrons. The van der Waals surface area contributed by atoms with E-state index in [1.54, 1.807) is 46.3 Å². The minimum Gasteiger partial charge on any atom is -0.493 e. The maximum Gasteiger partial charge on any atom is 0.329 e. The van der Waals surface area contributed by atoms with E-state index in [2.05, 4.69) is 5.32 Å². The maximum atomic E-state index is 13.8. The van der Waals surface area contributed by atoms with Crippen molar-refractivity contribution in [1.82, 2.24) is 10.2 Å². The second kappa shape index (κ2) is 17.5. The van der Waals surface area contributed by atoms with Gasteiger partial charge in [0.2, 0.25) is 5.78 Å². The van der Waals surface area contributed by atoms with Crippen molar-refractivity contribution in [3.63, 3.8) is 0 Å². The van der Waals surface area contributed by atoms with E-state index in [1.165, 1.54) is 4.90 Å². The monoisotopic (exact) mass is 640 g/mol. The Morgan fingerprint density at radius 2 is 1.80 bits per heavy atom. The molecule has 11 nitrogen and oxygen atoms in total. The van der Waals surface area contributed by atoms with E-state index in [0.717, 1.165) is 12.0 Å². The smallest absolute Gasteiger partial charge is 0.329 e. The Morgan fingerprint density at radius 3 is 2.50 bits per heavy atom. The number of aryl methyl sites for hydroxylation is 1. The third-order valence-corrected chi connectivity index (χ3v) is 8.39. The van der Waals surface area contributed by atoms with Gasteiger partial charge in [-0.15, -0.1) is 0 Å². The molecule has 2 aromatic carbocycles. The predicted octanol–water partition coefficient (Wildman–Crippen LogP) is 4.18. The number of aliphatic hydroxyl groups is 1. The van der Waals surface area contributed by atoms with Crippen LogP contribution in [0.1, 0.15) is 76.5 Å². The van der Waals surface area contributed by atoms with Crippen molar-refractivity contribution in [2.75, 3.05) is 40.5 Å². The standard InChI is InChI=1S/C35H48N2O9/c1-6-35(2,3)32(40)33(41)37-19-8-7-13-27(37)34(42)46-28(16-14-24-15-17-29(43-4)30(21-24)44-5)25-11-9-12-26(22-25)45-23-31(39)36-18-10-20-38/h9,11-12,15,17,21-22,27-28,38H,6-8,10,13-14,16,18-20,23H2,1-5H3,(H,36,39). The van der Waals surface area contributed by atoms with Crippen LogP contribution in [0.3, 0.4) is 0 Å². The van der Waals surface area contributed by atoms with E-state index in [-0.39, 0.29) is 19.1 Å². The maximum absolute atomic E-state index is 13.8. The van der Waals surface area contributed by atoms with Gasteiger partial charge in [-0.1, -0.05) is 39.0 Å². The van der Waals surface area contributed by atoms with Crippen molar-refractivity contribution >= 4 is 23.6 Å². The highest BCUT2D eigenvalue weighted by molar-refractivity contribution is 6.38. The fraction of sp³-hybridized carbons (Fsp3) is 0.543. The summed E-state index contributed by atoms with van der Waals surface area (Å²) in [6, 6.07) is 11.7. The molecule has 1 aliphatic heterocycles. The zero-order valence-corrected chi connectivity index (χ0v) is 27.6. The van der Waals surface area contributed by atoms with Crippen LogP contribution >= 0.6 is 0 Å². The molecule has 46 heavy (non-hydrogen) atoms. The fourth-order valence-electron chi connectivity index (χ4n) is 5.16. The summed E-state index contributed by atoms with van der Waals surface area (Å²) in [5.41, 5.74) is 0.762. The van der Waals surface area contributed by atoms with Gasteiger partial charge in [-0.05, 0) is 80.3 Å². The molecule has 0 bridgehead atoms. The molecule has 1 saturated heterocycles. The summed E-state index contributed by atoms with van der Waals surface area (Å²) in [5, 5.41) is 11.6. The van der Waals surface area contributed by atoms with Crippen LogP contribution in [0.5, 0.6) is 17.2 Å². The summed E-state index contributed by atoms with van der Waals surface area (Å²) in [6.45, 7) is 5.75. The quantitative estimate of drug-likeness (QED) is 0.148. The van der Waals surface area contributed by atoms with Gasteiger partial charge in [0, 0.05) is 25.1 Å². The fourth-order valence-corrected chi connectivity index (χ4v) is 5.16. The number of rotatable bonds is 17. The lowest BCUT2D eigenvalue weighted by molar-refractivity contribution is -0.164. The van der Waals surface area contributed by atoms with Crippen LogP contribution in [-0.2, 0) is 30.3 Å². The molecule has 2 amide bonds. The van der Waals surface area contributed by atoms with E-state index < -0.39 is 35.2 Å². The summed E-state index contributed by atoms with van der Waals surface area (Å²) in [4.78, 5) is 53.7. The van der Waals surface area contributed by atoms with Gasteiger partial charge >= 0.3 is 5.97 Å². The van der Waals surface area contributed by atoms with Crippen LogP contribution in [0.15, 0.2) is 42.5 Å². The average molecular weight is 641 g/mol. The largest absolute Gasteiger partial charge is 0.493 e. The molecule has 2 N–H and O–H groups in total. The number of piperidine rings is 1. The Hall–Kier alpha value is -4.12. The van der Waals surface area contributed by atoms with E-state index >= 15 is 0 Å². The molecular formula is C35H48N2O9. The lowest BCUT2D eigenvalue weighted by Gasteiger charge is -2.36. The van der Waals surface area contributed by atoms with Crippen molar-refractivity contribution < 1.29 is 43.2 Å². The molecule has 1 heterocycles. The number of carbonyl (C=O) groups is 4. The molecule has 0 radical (unpaired) electrons. The van der Waals surface area contributed by atoms with Gasteiger partial charge in [0.1, 0.15) is 17.9 Å². The minimum absolute atomic E-state index is 0.0214. The molecule has 11 heteroatoms. The number of ether oxygens (including phenoxy) is 4. The number of benzene rings is 2. The number of Topliss-reactive ketones (excluding diaryl/α,β-unsaturated/α-hetero) is 1. The van der Waals surface area contributed by atoms with Gasteiger partial charge in [-0.3, -0.25) is 14.4 Å². The number of nitrogens with zero attached hydrogens (tertiary/aromatic N) is 1. The third kappa shape index (κ3) is 9.94. The number of methoxy groups -OCH3 is 2. The topological polar surface area (TPSA) is 141 Å². The molecule has 0 saturated carbocycles. The van der Waals surface area contributed by atoms with E-state index in [1.807, 2.05) is 31.2 Å². The Labute approximate surface area is 271 Å².